The van der Waals surface area contributed by atoms with Crippen LogP contribution in [-0.2, 0) is 16.0 Å². The predicted molar refractivity (Wildman–Crippen MR) is 67.0 cm³/mol. The molecule has 1 aromatic heterocycles. The van der Waals surface area contributed by atoms with E-state index in [-0.39, 0.29) is 18.2 Å². The fraction of sp³-hybridized carbons (Fsp3) is 0.500. The van der Waals surface area contributed by atoms with Gasteiger partial charge in [-0.3, -0.25) is 4.79 Å². The molecule has 5 heteroatoms. The summed E-state index contributed by atoms with van der Waals surface area (Å²) in [5, 5.41) is 15.4. The largest absolute Gasteiger partial charge is 0.480 e. The second-order valence-corrected chi connectivity index (χ2v) is 4.86. The molecule has 0 saturated carbocycles. The Morgan fingerprint density at radius 2 is 2.24 bits per heavy atom. The molecule has 0 radical (unpaired) electrons. The number of thiophene rings is 1. The fourth-order valence-electron chi connectivity index (χ4n) is 1.49. The SMILES string of the molecule is CCC(C)[C@H](NC(=O)Cc1ccsc1)C(=O)O. The van der Waals surface area contributed by atoms with Crippen LogP contribution in [-0.4, -0.2) is 23.0 Å². The van der Waals surface area contributed by atoms with E-state index in [2.05, 4.69) is 5.32 Å². The maximum Gasteiger partial charge on any atom is 0.326 e. The number of hydrogen-bond donors (Lipinski definition) is 2. The highest BCUT2D eigenvalue weighted by Crippen LogP contribution is 2.10. The van der Waals surface area contributed by atoms with Gasteiger partial charge in [-0.1, -0.05) is 20.3 Å². The summed E-state index contributed by atoms with van der Waals surface area (Å²) in [5.41, 5.74) is 0.917. The van der Waals surface area contributed by atoms with Crippen molar-refractivity contribution in [2.45, 2.75) is 32.7 Å². The quantitative estimate of drug-likeness (QED) is 0.816. The Labute approximate surface area is 105 Å². The molecule has 0 fully saturated rings. The lowest BCUT2D eigenvalue weighted by molar-refractivity contribution is -0.143. The van der Waals surface area contributed by atoms with Crippen molar-refractivity contribution in [3.05, 3.63) is 22.4 Å². The topological polar surface area (TPSA) is 66.4 Å². The minimum absolute atomic E-state index is 0.0704. The first-order chi connectivity index (χ1) is 8.04. The van der Waals surface area contributed by atoms with E-state index in [4.69, 9.17) is 5.11 Å². The maximum absolute atomic E-state index is 11.7. The summed E-state index contributed by atoms with van der Waals surface area (Å²) < 4.78 is 0. The van der Waals surface area contributed by atoms with Gasteiger partial charge in [-0.2, -0.15) is 11.3 Å². The Bertz CT molecular complexity index is 375. The van der Waals surface area contributed by atoms with Gasteiger partial charge in [-0.15, -0.1) is 0 Å². The van der Waals surface area contributed by atoms with Crippen LogP contribution < -0.4 is 5.32 Å². The Morgan fingerprint density at radius 3 is 2.71 bits per heavy atom. The zero-order chi connectivity index (χ0) is 12.8. The van der Waals surface area contributed by atoms with Gasteiger partial charge in [0, 0.05) is 0 Å². The van der Waals surface area contributed by atoms with Gasteiger partial charge >= 0.3 is 5.97 Å². The van der Waals surface area contributed by atoms with Crippen LogP contribution in [0.1, 0.15) is 25.8 Å². The Kier molecular flexibility index (Phi) is 5.15. The normalized spacial score (nSPS) is 14.0. The average Bonchev–Trinajstić information content (AvgIpc) is 2.77. The molecule has 0 aliphatic heterocycles. The molecule has 0 saturated heterocycles. The average molecular weight is 255 g/mol. The van der Waals surface area contributed by atoms with Crippen molar-refractivity contribution in [2.24, 2.45) is 5.92 Å². The van der Waals surface area contributed by atoms with Crippen LogP contribution in [0.25, 0.3) is 0 Å². The monoisotopic (exact) mass is 255 g/mol. The maximum atomic E-state index is 11.7. The van der Waals surface area contributed by atoms with Crippen LogP contribution in [0.2, 0.25) is 0 Å². The van der Waals surface area contributed by atoms with Crippen molar-refractivity contribution in [2.75, 3.05) is 0 Å². The molecule has 0 aliphatic carbocycles. The second-order valence-electron chi connectivity index (χ2n) is 4.08. The number of nitrogens with one attached hydrogen (secondary N) is 1. The minimum Gasteiger partial charge on any atom is -0.480 e. The Morgan fingerprint density at radius 1 is 1.53 bits per heavy atom. The van der Waals surface area contributed by atoms with Crippen LogP contribution in [0.5, 0.6) is 0 Å². The molecule has 1 aromatic rings. The van der Waals surface area contributed by atoms with Crippen molar-refractivity contribution in [1.82, 2.24) is 5.32 Å². The van der Waals surface area contributed by atoms with E-state index in [1.54, 1.807) is 0 Å². The smallest absolute Gasteiger partial charge is 0.326 e. The highest BCUT2D eigenvalue weighted by atomic mass is 32.1. The number of carboxylic acids is 1. The fourth-order valence-corrected chi connectivity index (χ4v) is 2.15. The predicted octanol–water partition coefficient (Wildman–Crippen LogP) is 1.91. The molecule has 1 rings (SSSR count). The molecule has 0 bridgehead atoms. The number of carboxylic acid groups (broad SMARTS) is 1. The van der Waals surface area contributed by atoms with Crippen molar-refractivity contribution in [3.63, 3.8) is 0 Å². The summed E-state index contributed by atoms with van der Waals surface area (Å²) in [6, 6.07) is 1.06. The molecule has 0 aromatic carbocycles. The van der Waals surface area contributed by atoms with Gasteiger partial charge in [0.05, 0.1) is 6.42 Å². The molecule has 4 nitrogen and oxygen atoms in total. The summed E-state index contributed by atoms with van der Waals surface area (Å²) in [5.74, 6) is -1.28. The van der Waals surface area contributed by atoms with Crippen molar-refractivity contribution >= 4 is 23.2 Å². The van der Waals surface area contributed by atoms with E-state index < -0.39 is 12.0 Å². The van der Waals surface area contributed by atoms with E-state index in [0.29, 0.717) is 0 Å². The molecular formula is C12H17NO3S. The minimum atomic E-state index is -0.974. The van der Waals surface area contributed by atoms with Gasteiger partial charge < -0.3 is 10.4 Å². The van der Waals surface area contributed by atoms with Gasteiger partial charge in [0.25, 0.3) is 0 Å². The first-order valence-corrected chi connectivity index (χ1v) is 6.52. The molecule has 2 N–H and O–H groups in total. The summed E-state index contributed by atoms with van der Waals surface area (Å²) >= 11 is 1.52. The van der Waals surface area contributed by atoms with Gasteiger partial charge in [-0.25, -0.2) is 4.79 Å². The lowest BCUT2D eigenvalue weighted by atomic mass is 9.99. The first-order valence-electron chi connectivity index (χ1n) is 5.57. The number of hydrogen-bond acceptors (Lipinski definition) is 3. The number of carbonyl (C=O) groups excluding carboxylic acids is 1. The lowest BCUT2D eigenvalue weighted by Gasteiger charge is -2.19. The van der Waals surface area contributed by atoms with Crippen molar-refractivity contribution in [3.8, 4) is 0 Å². The van der Waals surface area contributed by atoms with E-state index in [0.717, 1.165) is 12.0 Å². The number of aliphatic carboxylic acids is 1. The van der Waals surface area contributed by atoms with E-state index in [1.807, 2.05) is 30.7 Å². The van der Waals surface area contributed by atoms with Crippen molar-refractivity contribution in [1.29, 1.82) is 0 Å². The third kappa shape index (κ3) is 4.19. The zero-order valence-electron chi connectivity index (χ0n) is 9.97. The third-order valence-electron chi connectivity index (χ3n) is 2.74. The van der Waals surface area contributed by atoms with Gasteiger partial charge in [0.15, 0.2) is 0 Å². The van der Waals surface area contributed by atoms with Crippen LogP contribution in [0.15, 0.2) is 16.8 Å². The summed E-state index contributed by atoms with van der Waals surface area (Å²) in [6.45, 7) is 3.73. The molecule has 0 spiro atoms. The highest BCUT2D eigenvalue weighted by Gasteiger charge is 2.25. The van der Waals surface area contributed by atoms with E-state index in [1.165, 1.54) is 11.3 Å². The standard InChI is InChI=1S/C12H17NO3S/c1-3-8(2)11(12(15)16)13-10(14)6-9-4-5-17-7-9/h4-5,7-8,11H,3,6H2,1-2H3,(H,13,14)(H,15,16)/t8?,11-/m0/s1. The van der Waals surface area contributed by atoms with Crippen LogP contribution in [0.4, 0.5) is 0 Å². The van der Waals surface area contributed by atoms with Crippen LogP contribution in [0.3, 0.4) is 0 Å². The number of rotatable bonds is 6. The molecule has 1 heterocycles. The Balaban J connectivity index is 2.55. The Hall–Kier alpha value is -1.36. The van der Waals surface area contributed by atoms with Crippen LogP contribution >= 0.6 is 11.3 Å². The highest BCUT2D eigenvalue weighted by molar-refractivity contribution is 7.07. The third-order valence-corrected chi connectivity index (χ3v) is 3.47. The molecule has 94 valence electrons. The second kappa shape index (κ2) is 6.39. The number of carbonyl (C=O) groups is 2. The first kappa shape index (κ1) is 13.7. The lowest BCUT2D eigenvalue weighted by Crippen LogP contribution is -2.45. The van der Waals surface area contributed by atoms with Gasteiger partial charge in [0.2, 0.25) is 5.91 Å². The molecule has 2 atom stereocenters. The van der Waals surface area contributed by atoms with E-state index in [9.17, 15) is 9.59 Å². The molecule has 1 unspecified atom stereocenters. The molecule has 17 heavy (non-hydrogen) atoms. The number of amides is 1. The molecule has 0 aliphatic rings. The van der Waals surface area contributed by atoms with Gasteiger partial charge in [0.1, 0.15) is 6.04 Å². The van der Waals surface area contributed by atoms with Crippen molar-refractivity contribution < 1.29 is 14.7 Å². The summed E-state index contributed by atoms with van der Waals surface area (Å²) in [4.78, 5) is 22.7. The summed E-state index contributed by atoms with van der Waals surface area (Å²) in [7, 11) is 0. The molecule has 1 amide bonds. The molecular weight excluding hydrogens is 238 g/mol. The van der Waals surface area contributed by atoms with Gasteiger partial charge in [-0.05, 0) is 28.3 Å². The van der Waals surface area contributed by atoms with Crippen LogP contribution in [0, 0.1) is 5.92 Å². The van der Waals surface area contributed by atoms with E-state index >= 15 is 0 Å². The summed E-state index contributed by atoms with van der Waals surface area (Å²) in [6.07, 6.45) is 0.958. The zero-order valence-corrected chi connectivity index (χ0v) is 10.8.